The maximum absolute atomic E-state index is 12.1. The van der Waals surface area contributed by atoms with Gasteiger partial charge in [0.1, 0.15) is 0 Å². The summed E-state index contributed by atoms with van der Waals surface area (Å²) in [6.45, 7) is 2.54. The van der Waals surface area contributed by atoms with Gasteiger partial charge in [-0.25, -0.2) is 0 Å². The fourth-order valence-electron chi connectivity index (χ4n) is 2.38. The summed E-state index contributed by atoms with van der Waals surface area (Å²) >= 11 is 0. The van der Waals surface area contributed by atoms with Gasteiger partial charge < -0.3 is 16.0 Å². The van der Waals surface area contributed by atoms with Gasteiger partial charge in [0.15, 0.2) is 0 Å². The average molecular weight is 278 g/mol. The maximum Gasteiger partial charge on any atom is 0.270 e. The van der Waals surface area contributed by atoms with Gasteiger partial charge in [-0.15, -0.1) is 0 Å². The molecule has 0 radical (unpaired) electrons. The van der Waals surface area contributed by atoms with Gasteiger partial charge in [-0.3, -0.25) is 14.9 Å². The molecule has 0 aromatic heterocycles. The minimum Gasteiger partial charge on any atom is -0.398 e. The number of rotatable bonds is 4. The summed E-state index contributed by atoms with van der Waals surface area (Å²) in [7, 11) is 2.04. The molecule has 108 valence electrons. The molecular formula is C13H18N4O3. The van der Waals surface area contributed by atoms with Crippen molar-refractivity contribution >= 4 is 17.3 Å². The van der Waals surface area contributed by atoms with Gasteiger partial charge in [-0.05, 0) is 32.0 Å². The highest BCUT2D eigenvalue weighted by molar-refractivity contribution is 5.99. The lowest BCUT2D eigenvalue weighted by Crippen LogP contribution is -2.31. The van der Waals surface area contributed by atoms with Crippen molar-refractivity contribution in [1.29, 1.82) is 0 Å². The SMILES string of the molecule is CN1CCC(CNC(=O)c2cc([N+](=O)[O-])ccc2N)C1. The Morgan fingerprint density at radius 3 is 2.95 bits per heavy atom. The molecule has 1 unspecified atom stereocenters. The van der Waals surface area contributed by atoms with Crippen molar-refractivity contribution in [3.63, 3.8) is 0 Å². The number of carbonyl (C=O) groups excluding carboxylic acids is 1. The van der Waals surface area contributed by atoms with Gasteiger partial charge in [-0.1, -0.05) is 0 Å². The van der Waals surface area contributed by atoms with Gasteiger partial charge in [0.05, 0.1) is 10.5 Å². The number of nitro benzene ring substituents is 1. The number of nitrogens with zero attached hydrogens (tertiary/aromatic N) is 2. The molecule has 0 saturated carbocycles. The Kier molecular flexibility index (Phi) is 4.19. The maximum atomic E-state index is 12.1. The van der Waals surface area contributed by atoms with E-state index in [4.69, 9.17) is 5.73 Å². The van der Waals surface area contributed by atoms with Crippen LogP contribution in [0.4, 0.5) is 11.4 Å². The van der Waals surface area contributed by atoms with Crippen molar-refractivity contribution in [2.45, 2.75) is 6.42 Å². The Bertz CT molecular complexity index is 532. The Morgan fingerprint density at radius 2 is 2.35 bits per heavy atom. The van der Waals surface area contributed by atoms with E-state index >= 15 is 0 Å². The van der Waals surface area contributed by atoms with Crippen LogP contribution in [-0.2, 0) is 0 Å². The van der Waals surface area contributed by atoms with Gasteiger partial charge in [-0.2, -0.15) is 0 Å². The second-order valence-corrected chi connectivity index (χ2v) is 5.16. The zero-order valence-electron chi connectivity index (χ0n) is 11.3. The average Bonchev–Trinajstić information content (AvgIpc) is 2.82. The summed E-state index contributed by atoms with van der Waals surface area (Å²) in [5.41, 5.74) is 5.98. The molecule has 1 aromatic carbocycles. The highest BCUT2D eigenvalue weighted by Crippen LogP contribution is 2.20. The third-order valence-corrected chi connectivity index (χ3v) is 3.53. The minimum absolute atomic E-state index is 0.134. The Balaban J connectivity index is 2.01. The third-order valence-electron chi connectivity index (χ3n) is 3.53. The first-order valence-electron chi connectivity index (χ1n) is 6.48. The number of hydrogen-bond acceptors (Lipinski definition) is 5. The summed E-state index contributed by atoms with van der Waals surface area (Å²) in [6.07, 6.45) is 1.04. The lowest BCUT2D eigenvalue weighted by molar-refractivity contribution is -0.384. The first-order valence-corrected chi connectivity index (χ1v) is 6.48. The zero-order valence-corrected chi connectivity index (χ0v) is 11.3. The Morgan fingerprint density at radius 1 is 1.60 bits per heavy atom. The molecule has 1 saturated heterocycles. The van der Waals surface area contributed by atoms with E-state index in [0.29, 0.717) is 12.5 Å². The van der Waals surface area contributed by atoms with Crippen LogP contribution in [0, 0.1) is 16.0 Å². The van der Waals surface area contributed by atoms with E-state index in [-0.39, 0.29) is 22.8 Å². The molecule has 7 heteroatoms. The summed E-state index contributed by atoms with van der Waals surface area (Å²) in [5.74, 6) is 0.0598. The van der Waals surface area contributed by atoms with E-state index in [2.05, 4.69) is 10.2 Å². The molecule has 1 aliphatic heterocycles. The van der Waals surface area contributed by atoms with Crippen LogP contribution >= 0.6 is 0 Å². The van der Waals surface area contributed by atoms with E-state index in [0.717, 1.165) is 19.5 Å². The number of anilines is 1. The van der Waals surface area contributed by atoms with E-state index in [1.54, 1.807) is 0 Å². The summed E-state index contributed by atoms with van der Waals surface area (Å²) < 4.78 is 0. The molecule has 1 fully saturated rings. The molecule has 1 heterocycles. The monoisotopic (exact) mass is 278 g/mol. The normalized spacial score (nSPS) is 18.9. The predicted molar refractivity (Wildman–Crippen MR) is 75.4 cm³/mol. The van der Waals surface area contributed by atoms with Crippen LogP contribution < -0.4 is 11.1 Å². The number of nitrogen functional groups attached to an aromatic ring is 1. The van der Waals surface area contributed by atoms with Crippen LogP contribution in [0.3, 0.4) is 0 Å². The molecule has 0 bridgehead atoms. The highest BCUT2D eigenvalue weighted by Gasteiger charge is 2.21. The highest BCUT2D eigenvalue weighted by atomic mass is 16.6. The van der Waals surface area contributed by atoms with Gasteiger partial charge in [0.25, 0.3) is 11.6 Å². The van der Waals surface area contributed by atoms with Crippen LogP contribution in [0.15, 0.2) is 18.2 Å². The van der Waals surface area contributed by atoms with Gasteiger partial charge in [0, 0.05) is 30.9 Å². The molecule has 0 spiro atoms. The van der Waals surface area contributed by atoms with Crippen molar-refractivity contribution in [2.75, 3.05) is 32.4 Å². The van der Waals surface area contributed by atoms with Crippen molar-refractivity contribution in [3.8, 4) is 0 Å². The summed E-state index contributed by atoms with van der Waals surface area (Å²) in [6, 6.07) is 3.89. The molecule has 1 aromatic rings. The second kappa shape index (κ2) is 5.87. The molecule has 1 atom stereocenters. The second-order valence-electron chi connectivity index (χ2n) is 5.16. The first kappa shape index (κ1) is 14.3. The molecule has 0 aliphatic carbocycles. The van der Waals surface area contributed by atoms with E-state index in [1.807, 2.05) is 7.05 Å². The zero-order chi connectivity index (χ0) is 14.7. The Labute approximate surface area is 116 Å². The number of benzene rings is 1. The molecular weight excluding hydrogens is 260 g/mol. The van der Waals surface area contributed by atoms with Gasteiger partial charge >= 0.3 is 0 Å². The molecule has 2 rings (SSSR count). The fraction of sp³-hybridized carbons (Fsp3) is 0.462. The lowest BCUT2D eigenvalue weighted by atomic mass is 10.1. The molecule has 3 N–H and O–H groups in total. The topological polar surface area (TPSA) is 102 Å². The third kappa shape index (κ3) is 3.24. The smallest absolute Gasteiger partial charge is 0.270 e. The number of carbonyl (C=O) groups is 1. The summed E-state index contributed by atoms with van der Waals surface area (Å²) in [4.78, 5) is 24.4. The van der Waals surface area contributed by atoms with E-state index in [9.17, 15) is 14.9 Å². The van der Waals surface area contributed by atoms with E-state index in [1.165, 1.54) is 18.2 Å². The van der Waals surface area contributed by atoms with Crippen LogP contribution in [0.2, 0.25) is 0 Å². The largest absolute Gasteiger partial charge is 0.398 e. The van der Waals surface area contributed by atoms with E-state index < -0.39 is 4.92 Å². The minimum atomic E-state index is -0.540. The molecule has 7 nitrogen and oxygen atoms in total. The van der Waals surface area contributed by atoms with Crippen LogP contribution in [0.5, 0.6) is 0 Å². The van der Waals surface area contributed by atoms with Crippen LogP contribution in [-0.4, -0.2) is 42.4 Å². The Hall–Kier alpha value is -2.15. The number of nitrogens with one attached hydrogen (secondary N) is 1. The standard InChI is InChI=1S/C13H18N4O3/c1-16-5-4-9(8-16)7-15-13(18)11-6-10(17(19)20)2-3-12(11)14/h2-3,6,9H,4-5,7-8,14H2,1H3,(H,15,18). The van der Waals surface area contributed by atoms with Crippen LogP contribution in [0.25, 0.3) is 0 Å². The number of hydrogen-bond donors (Lipinski definition) is 2. The number of likely N-dealkylation sites (tertiary alicyclic amines) is 1. The first-order chi connectivity index (χ1) is 9.47. The van der Waals surface area contributed by atoms with Crippen molar-refractivity contribution in [2.24, 2.45) is 5.92 Å². The number of non-ortho nitro benzene ring substituents is 1. The van der Waals surface area contributed by atoms with Crippen LogP contribution in [0.1, 0.15) is 16.8 Å². The van der Waals surface area contributed by atoms with Crippen molar-refractivity contribution < 1.29 is 9.72 Å². The fourth-order valence-corrected chi connectivity index (χ4v) is 2.38. The van der Waals surface area contributed by atoms with Crippen molar-refractivity contribution in [1.82, 2.24) is 10.2 Å². The lowest BCUT2D eigenvalue weighted by Gasteiger charge is -2.12. The van der Waals surface area contributed by atoms with Gasteiger partial charge in [0.2, 0.25) is 0 Å². The number of nitro groups is 1. The molecule has 1 amide bonds. The quantitative estimate of drug-likeness (QED) is 0.483. The number of nitrogens with two attached hydrogens (primary N) is 1. The predicted octanol–water partition coefficient (Wildman–Crippen LogP) is 0.859. The number of amides is 1. The van der Waals surface area contributed by atoms with Crippen molar-refractivity contribution in [3.05, 3.63) is 33.9 Å². The molecule has 1 aliphatic rings. The molecule has 20 heavy (non-hydrogen) atoms. The summed E-state index contributed by atoms with van der Waals surface area (Å²) in [5, 5.41) is 13.5.